The fourth-order valence-corrected chi connectivity index (χ4v) is 0.993. The van der Waals surface area contributed by atoms with Crippen molar-refractivity contribution in [3.8, 4) is 0 Å². The van der Waals surface area contributed by atoms with Crippen LogP contribution in [0.5, 0.6) is 0 Å². The average molecular weight is 245 g/mol. The molecule has 0 saturated carbocycles. The first-order chi connectivity index (χ1) is 7.82. The van der Waals surface area contributed by atoms with Crippen molar-refractivity contribution in [2.45, 2.75) is 39.3 Å². The highest BCUT2D eigenvalue weighted by Gasteiger charge is 2.13. The number of rotatable bonds is 6. The largest absolute Gasteiger partial charge is 0.480 e. The second-order valence-electron chi connectivity index (χ2n) is 3.93. The van der Waals surface area contributed by atoms with E-state index in [1.165, 1.54) is 6.92 Å². The predicted octanol–water partition coefficient (Wildman–Crippen LogP) is -0.327. The Kier molecular flexibility index (Phi) is 6.69. The molecule has 0 saturated heterocycles. The number of carboxylic acid groups (broad SMARTS) is 1. The highest BCUT2D eigenvalue weighted by atomic mass is 16.4. The fourth-order valence-electron chi connectivity index (χ4n) is 0.993. The first-order valence-corrected chi connectivity index (χ1v) is 5.39. The van der Waals surface area contributed by atoms with Crippen LogP contribution in [0.4, 0.5) is 4.79 Å². The van der Waals surface area contributed by atoms with Gasteiger partial charge in [-0.2, -0.15) is 0 Å². The summed E-state index contributed by atoms with van der Waals surface area (Å²) in [4.78, 5) is 32.8. The number of amides is 3. The molecule has 0 aliphatic carbocycles. The van der Waals surface area contributed by atoms with Gasteiger partial charge in [-0.1, -0.05) is 0 Å². The van der Waals surface area contributed by atoms with Gasteiger partial charge in [0.15, 0.2) is 0 Å². The molecule has 0 rings (SSSR count). The number of hydrogen-bond donors (Lipinski definition) is 4. The van der Waals surface area contributed by atoms with E-state index in [-0.39, 0.29) is 24.9 Å². The van der Waals surface area contributed by atoms with E-state index in [2.05, 4.69) is 16.0 Å². The Morgan fingerprint density at radius 2 is 1.71 bits per heavy atom. The van der Waals surface area contributed by atoms with E-state index in [1.54, 1.807) is 0 Å². The Hall–Kier alpha value is -1.79. The minimum Gasteiger partial charge on any atom is -0.480 e. The number of carbonyl (C=O) groups is 3. The quantitative estimate of drug-likeness (QED) is 0.514. The van der Waals surface area contributed by atoms with Gasteiger partial charge in [0.05, 0.1) is 0 Å². The maximum Gasteiger partial charge on any atom is 0.325 e. The zero-order valence-corrected chi connectivity index (χ0v) is 10.2. The summed E-state index contributed by atoms with van der Waals surface area (Å²) in [6.07, 6.45) is 0.160. The van der Waals surface area contributed by atoms with E-state index in [4.69, 9.17) is 5.11 Å². The third-order valence-electron chi connectivity index (χ3n) is 1.81. The first-order valence-electron chi connectivity index (χ1n) is 5.39. The summed E-state index contributed by atoms with van der Waals surface area (Å²) in [6, 6.07) is -1.50. The van der Waals surface area contributed by atoms with Crippen LogP contribution in [0.3, 0.4) is 0 Å². The van der Waals surface area contributed by atoms with Crippen molar-refractivity contribution in [2.24, 2.45) is 0 Å². The summed E-state index contributed by atoms with van der Waals surface area (Å²) >= 11 is 0. The van der Waals surface area contributed by atoms with Crippen molar-refractivity contribution in [2.75, 3.05) is 6.54 Å². The third kappa shape index (κ3) is 8.06. The molecule has 4 N–H and O–H groups in total. The van der Waals surface area contributed by atoms with Gasteiger partial charge in [-0.05, 0) is 20.8 Å². The minimum absolute atomic E-state index is 0.0587. The molecule has 17 heavy (non-hydrogen) atoms. The van der Waals surface area contributed by atoms with E-state index >= 15 is 0 Å². The summed E-state index contributed by atoms with van der Waals surface area (Å²) in [6.45, 7) is 5.20. The third-order valence-corrected chi connectivity index (χ3v) is 1.81. The lowest BCUT2D eigenvalue weighted by Gasteiger charge is -2.11. The van der Waals surface area contributed by atoms with Crippen LogP contribution in [0.1, 0.15) is 27.2 Å². The lowest BCUT2D eigenvalue weighted by atomic mass is 10.3. The number of aliphatic carboxylic acids is 1. The standard InChI is InChI=1S/C10H19N3O4/c1-6(2)12-8(14)4-5-11-10(17)13-7(3)9(15)16/h6-7H,4-5H2,1-3H3,(H,12,14)(H,15,16)(H2,11,13,17). The zero-order chi connectivity index (χ0) is 13.4. The lowest BCUT2D eigenvalue weighted by Crippen LogP contribution is -2.45. The summed E-state index contributed by atoms with van der Waals surface area (Å²) in [7, 11) is 0. The Morgan fingerprint density at radius 1 is 1.12 bits per heavy atom. The van der Waals surface area contributed by atoms with Crippen molar-refractivity contribution in [3.63, 3.8) is 0 Å². The van der Waals surface area contributed by atoms with Gasteiger partial charge in [0, 0.05) is 19.0 Å². The molecule has 0 spiro atoms. The normalized spacial score (nSPS) is 11.8. The van der Waals surface area contributed by atoms with Crippen molar-refractivity contribution in [1.29, 1.82) is 0 Å². The Morgan fingerprint density at radius 3 is 2.18 bits per heavy atom. The van der Waals surface area contributed by atoms with Gasteiger partial charge in [0.2, 0.25) is 5.91 Å². The van der Waals surface area contributed by atoms with Crippen molar-refractivity contribution in [3.05, 3.63) is 0 Å². The molecule has 0 heterocycles. The second-order valence-corrected chi connectivity index (χ2v) is 3.93. The van der Waals surface area contributed by atoms with E-state index < -0.39 is 18.0 Å². The molecule has 0 aromatic rings. The summed E-state index contributed by atoms with van der Waals surface area (Å²) < 4.78 is 0. The Bertz CT molecular complexity index is 291. The van der Waals surface area contributed by atoms with Crippen LogP contribution in [0.15, 0.2) is 0 Å². The average Bonchev–Trinajstić information content (AvgIpc) is 2.15. The molecule has 7 nitrogen and oxygen atoms in total. The van der Waals surface area contributed by atoms with Gasteiger partial charge >= 0.3 is 12.0 Å². The van der Waals surface area contributed by atoms with Gasteiger partial charge < -0.3 is 21.1 Å². The molecule has 0 fully saturated rings. The van der Waals surface area contributed by atoms with Crippen LogP contribution >= 0.6 is 0 Å². The van der Waals surface area contributed by atoms with Gasteiger partial charge in [-0.15, -0.1) is 0 Å². The topological polar surface area (TPSA) is 108 Å². The molecule has 7 heteroatoms. The minimum atomic E-state index is -1.11. The summed E-state index contributed by atoms with van der Waals surface area (Å²) in [5.41, 5.74) is 0. The number of urea groups is 1. The van der Waals surface area contributed by atoms with Gasteiger partial charge in [0.25, 0.3) is 0 Å². The van der Waals surface area contributed by atoms with Crippen molar-refractivity contribution < 1.29 is 19.5 Å². The molecular weight excluding hydrogens is 226 g/mol. The van der Waals surface area contributed by atoms with Gasteiger partial charge in [0.1, 0.15) is 6.04 Å². The molecular formula is C10H19N3O4. The van der Waals surface area contributed by atoms with Crippen LogP contribution in [0.25, 0.3) is 0 Å². The number of carbonyl (C=O) groups excluding carboxylic acids is 2. The Labute approximate surface area is 100.0 Å². The van der Waals surface area contributed by atoms with E-state index in [9.17, 15) is 14.4 Å². The van der Waals surface area contributed by atoms with Gasteiger partial charge in [-0.3, -0.25) is 9.59 Å². The molecule has 0 aromatic carbocycles. The second kappa shape index (κ2) is 7.48. The molecule has 0 aromatic heterocycles. The lowest BCUT2D eigenvalue weighted by molar-refractivity contribution is -0.138. The van der Waals surface area contributed by atoms with Crippen LogP contribution in [0.2, 0.25) is 0 Å². The highest BCUT2D eigenvalue weighted by molar-refractivity contribution is 5.82. The van der Waals surface area contributed by atoms with E-state index in [1.807, 2.05) is 13.8 Å². The maximum atomic E-state index is 11.2. The summed E-state index contributed by atoms with van der Waals surface area (Å²) in [5, 5.41) is 15.8. The molecule has 0 aliphatic heterocycles. The van der Waals surface area contributed by atoms with Crippen LogP contribution < -0.4 is 16.0 Å². The Balaban J connectivity index is 3.71. The number of hydrogen-bond acceptors (Lipinski definition) is 3. The smallest absolute Gasteiger partial charge is 0.325 e. The zero-order valence-electron chi connectivity index (χ0n) is 10.2. The fraction of sp³-hybridized carbons (Fsp3) is 0.700. The van der Waals surface area contributed by atoms with Crippen LogP contribution in [-0.4, -0.2) is 41.6 Å². The number of carboxylic acids is 1. The highest BCUT2D eigenvalue weighted by Crippen LogP contribution is 1.84. The number of nitrogens with one attached hydrogen (secondary N) is 3. The van der Waals surface area contributed by atoms with Gasteiger partial charge in [-0.25, -0.2) is 4.79 Å². The van der Waals surface area contributed by atoms with E-state index in [0.29, 0.717) is 0 Å². The van der Waals surface area contributed by atoms with Crippen molar-refractivity contribution >= 4 is 17.9 Å². The molecule has 3 amide bonds. The molecule has 98 valence electrons. The summed E-state index contributed by atoms with van der Waals surface area (Å²) in [5.74, 6) is -1.27. The molecule has 0 radical (unpaired) electrons. The molecule has 0 aliphatic rings. The first kappa shape index (κ1) is 15.2. The monoisotopic (exact) mass is 245 g/mol. The van der Waals surface area contributed by atoms with E-state index in [0.717, 1.165) is 0 Å². The molecule has 1 atom stereocenters. The van der Waals surface area contributed by atoms with Crippen LogP contribution in [-0.2, 0) is 9.59 Å². The van der Waals surface area contributed by atoms with Crippen molar-refractivity contribution in [1.82, 2.24) is 16.0 Å². The molecule has 0 bridgehead atoms. The predicted molar refractivity (Wildman–Crippen MR) is 61.5 cm³/mol. The molecule has 1 unspecified atom stereocenters. The maximum absolute atomic E-state index is 11.2. The SMILES string of the molecule is CC(C)NC(=O)CCNC(=O)NC(C)C(=O)O. The van der Waals surface area contributed by atoms with Crippen LogP contribution in [0, 0.1) is 0 Å².